The quantitative estimate of drug-likeness (QED) is 0.749. The zero-order chi connectivity index (χ0) is 15.2. The number of amides is 1. The molecule has 118 valence electrons. The van der Waals surface area contributed by atoms with Gasteiger partial charge in [0.15, 0.2) is 9.84 Å². The number of hydrogen-bond donors (Lipinski definition) is 1. The number of rotatable bonds is 7. The zero-order valence-electron chi connectivity index (χ0n) is 12.6. The summed E-state index contributed by atoms with van der Waals surface area (Å²) >= 11 is 1.86. The molecule has 1 saturated heterocycles. The van der Waals surface area contributed by atoms with Gasteiger partial charge in [-0.25, -0.2) is 8.42 Å². The minimum Gasteiger partial charge on any atom is -0.339 e. The van der Waals surface area contributed by atoms with Crippen LogP contribution in [0.25, 0.3) is 0 Å². The fourth-order valence-electron chi connectivity index (χ4n) is 2.39. The number of thioether (sulfide) groups is 1. The first-order chi connectivity index (χ1) is 9.39. The summed E-state index contributed by atoms with van der Waals surface area (Å²) in [5, 5.41) is 3.34. The Hall–Kier alpha value is -0.270. The van der Waals surface area contributed by atoms with E-state index in [0.29, 0.717) is 13.0 Å². The second-order valence-electron chi connectivity index (χ2n) is 5.16. The van der Waals surface area contributed by atoms with Crippen LogP contribution in [-0.4, -0.2) is 67.4 Å². The van der Waals surface area contributed by atoms with Crippen LogP contribution in [-0.2, 0) is 14.6 Å². The van der Waals surface area contributed by atoms with Crippen molar-refractivity contribution in [1.29, 1.82) is 0 Å². The van der Waals surface area contributed by atoms with Crippen LogP contribution in [0.4, 0.5) is 0 Å². The van der Waals surface area contributed by atoms with Crippen LogP contribution < -0.4 is 5.32 Å². The molecule has 1 amide bonds. The summed E-state index contributed by atoms with van der Waals surface area (Å²) in [6.45, 7) is 6.85. The Bertz CT molecular complexity index is 406. The first-order valence-corrected chi connectivity index (χ1v) is 10.2. The summed E-state index contributed by atoms with van der Waals surface area (Å²) < 4.78 is 23.4. The lowest BCUT2D eigenvalue weighted by Gasteiger charge is -2.30. The van der Waals surface area contributed by atoms with E-state index in [1.807, 2.05) is 25.6 Å². The van der Waals surface area contributed by atoms with E-state index >= 15 is 0 Å². The van der Waals surface area contributed by atoms with Gasteiger partial charge in [-0.05, 0) is 13.8 Å². The van der Waals surface area contributed by atoms with Crippen LogP contribution >= 0.6 is 11.8 Å². The van der Waals surface area contributed by atoms with Gasteiger partial charge in [-0.1, -0.05) is 6.92 Å². The van der Waals surface area contributed by atoms with E-state index < -0.39 is 9.84 Å². The molecule has 0 saturated carbocycles. The highest BCUT2D eigenvalue weighted by molar-refractivity contribution is 7.99. The Morgan fingerprint density at radius 3 is 2.65 bits per heavy atom. The van der Waals surface area contributed by atoms with Crippen molar-refractivity contribution in [2.24, 2.45) is 0 Å². The molecule has 1 heterocycles. The lowest BCUT2D eigenvalue weighted by atomic mass is 10.2. The lowest BCUT2D eigenvalue weighted by Crippen LogP contribution is -2.47. The summed E-state index contributed by atoms with van der Waals surface area (Å²) in [4.78, 5) is 14.0. The molecule has 0 spiro atoms. The number of hydrogen-bond acceptors (Lipinski definition) is 5. The fourth-order valence-corrected chi connectivity index (χ4v) is 4.49. The van der Waals surface area contributed by atoms with Gasteiger partial charge in [-0.15, -0.1) is 0 Å². The van der Waals surface area contributed by atoms with E-state index in [0.717, 1.165) is 18.1 Å². The Morgan fingerprint density at radius 2 is 2.15 bits per heavy atom. The number of nitrogens with zero attached hydrogens (tertiary/aromatic N) is 1. The van der Waals surface area contributed by atoms with Crippen molar-refractivity contribution in [1.82, 2.24) is 10.2 Å². The van der Waals surface area contributed by atoms with Crippen molar-refractivity contribution in [3.63, 3.8) is 0 Å². The molecule has 0 aromatic heterocycles. The first kappa shape index (κ1) is 17.8. The molecule has 2 atom stereocenters. The van der Waals surface area contributed by atoms with Gasteiger partial charge in [-0.2, -0.15) is 11.8 Å². The van der Waals surface area contributed by atoms with E-state index in [2.05, 4.69) is 5.32 Å². The maximum Gasteiger partial charge on any atom is 0.224 e. The number of sulfone groups is 1. The number of nitrogens with one attached hydrogen (secondary N) is 1. The Balaban J connectivity index is 2.57. The Kier molecular flexibility index (Phi) is 7.33. The summed E-state index contributed by atoms with van der Waals surface area (Å²) in [5.74, 6) is 2.27. The van der Waals surface area contributed by atoms with Gasteiger partial charge >= 0.3 is 0 Å². The highest BCUT2D eigenvalue weighted by Crippen LogP contribution is 2.13. The van der Waals surface area contributed by atoms with E-state index in [1.165, 1.54) is 0 Å². The van der Waals surface area contributed by atoms with Crippen LogP contribution in [0.2, 0.25) is 0 Å². The largest absolute Gasteiger partial charge is 0.339 e. The second kappa shape index (κ2) is 8.24. The van der Waals surface area contributed by atoms with E-state index in [4.69, 9.17) is 0 Å². The van der Waals surface area contributed by atoms with Crippen LogP contribution in [0.1, 0.15) is 27.2 Å². The summed E-state index contributed by atoms with van der Waals surface area (Å²) in [6.07, 6.45) is 0.456. The predicted molar refractivity (Wildman–Crippen MR) is 84.9 cm³/mol. The third kappa shape index (κ3) is 5.61. The average Bonchev–Trinajstić information content (AvgIpc) is 2.40. The normalized spacial score (nSPS) is 21.4. The molecule has 5 nitrogen and oxygen atoms in total. The lowest BCUT2D eigenvalue weighted by molar-refractivity contribution is -0.133. The maximum absolute atomic E-state index is 12.3. The minimum absolute atomic E-state index is 0.0475. The number of carbonyl (C=O) groups excluding carboxylic acids is 1. The summed E-state index contributed by atoms with van der Waals surface area (Å²) in [5.41, 5.74) is 0. The molecule has 0 aliphatic carbocycles. The van der Waals surface area contributed by atoms with Gasteiger partial charge in [0.25, 0.3) is 0 Å². The smallest absolute Gasteiger partial charge is 0.224 e. The van der Waals surface area contributed by atoms with E-state index in [9.17, 15) is 13.2 Å². The Morgan fingerprint density at radius 1 is 1.45 bits per heavy atom. The van der Waals surface area contributed by atoms with Crippen molar-refractivity contribution in [3.05, 3.63) is 0 Å². The molecule has 0 radical (unpaired) electrons. The standard InChI is InChI=1S/C13H26N2O3S2/c1-4-15(11(3)10-20(17,18)5-2)13(16)8-12-9-19-7-6-14-12/h11-12,14H,4-10H2,1-3H3. The van der Waals surface area contributed by atoms with Gasteiger partial charge in [0.1, 0.15) is 0 Å². The van der Waals surface area contributed by atoms with Crippen molar-refractivity contribution >= 4 is 27.5 Å². The predicted octanol–water partition coefficient (Wildman–Crippen LogP) is 0.753. The maximum atomic E-state index is 12.3. The van der Waals surface area contributed by atoms with Crippen molar-refractivity contribution < 1.29 is 13.2 Å². The Labute approximate surface area is 126 Å². The monoisotopic (exact) mass is 322 g/mol. The molecule has 20 heavy (non-hydrogen) atoms. The second-order valence-corrected chi connectivity index (χ2v) is 8.71. The van der Waals surface area contributed by atoms with E-state index in [1.54, 1.807) is 11.8 Å². The fraction of sp³-hybridized carbons (Fsp3) is 0.923. The average molecular weight is 322 g/mol. The third-order valence-corrected chi connectivity index (χ3v) is 6.55. The molecule has 0 aromatic rings. The third-order valence-electron chi connectivity index (χ3n) is 3.55. The molecule has 0 aromatic carbocycles. The molecule has 1 rings (SSSR count). The van der Waals surface area contributed by atoms with Gasteiger partial charge in [0, 0.05) is 48.9 Å². The van der Waals surface area contributed by atoms with Gasteiger partial charge in [-0.3, -0.25) is 4.79 Å². The van der Waals surface area contributed by atoms with Gasteiger partial charge in [0.05, 0.1) is 5.75 Å². The van der Waals surface area contributed by atoms with Crippen molar-refractivity contribution in [3.8, 4) is 0 Å². The van der Waals surface area contributed by atoms with Crippen LogP contribution in [0.5, 0.6) is 0 Å². The molecule has 1 aliphatic rings. The highest BCUT2D eigenvalue weighted by Gasteiger charge is 2.25. The topological polar surface area (TPSA) is 66.5 Å². The molecule has 1 N–H and O–H groups in total. The highest BCUT2D eigenvalue weighted by atomic mass is 32.2. The van der Waals surface area contributed by atoms with Crippen molar-refractivity contribution in [2.75, 3.05) is 36.1 Å². The molecular weight excluding hydrogens is 296 g/mol. The van der Waals surface area contributed by atoms with Crippen LogP contribution in [0, 0.1) is 0 Å². The number of carbonyl (C=O) groups is 1. The summed E-state index contributed by atoms with van der Waals surface area (Å²) in [6, 6.07) is -0.0426. The van der Waals surface area contributed by atoms with Crippen LogP contribution in [0.15, 0.2) is 0 Å². The summed E-state index contributed by atoms with van der Waals surface area (Å²) in [7, 11) is -3.05. The zero-order valence-corrected chi connectivity index (χ0v) is 14.2. The van der Waals surface area contributed by atoms with Crippen molar-refractivity contribution in [2.45, 2.75) is 39.3 Å². The molecule has 2 unspecified atom stereocenters. The van der Waals surface area contributed by atoms with Gasteiger partial charge < -0.3 is 10.2 Å². The molecule has 1 aliphatic heterocycles. The van der Waals surface area contributed by atoms with Gasteiger partial charge in [0.2, 0.25) is 5.91 Å². The molecule has 0 bridgehead atoms. The molecule has 7 heteroatoms. The first-order valence-electron chi connectivity index (χ1n) is 7.20. The van der Waals surface area contributed by atoms with E-state index in [-0.39, 0.29) is 29.5 Å². The molecule has 1 fully saturated rings. The van der Waals surface area contributed by atoms with Crippen LogP contribution in [0.3, 0.4) is 0 Å². The molecular formula is C13H26N2O3S2. The SMILES string of the molecule is CCN(C(=O)CC1CSCCN1)C(C)CS(=O)(=O)CC. The minimum atomic E-state index is -3.05.